The number of allylic oxidation sites excluding steroid dienone is 2. The van der Waals surface area contributed by atoms with Crippen LogP contribution in [0.4, 0.5) is 0 Å². The second kappa shape index (κ2) is 14.2. The smallest absolute Gasteiger partial charge is 0.337 e. The molecule has 9 heteroatoms. The highest BCUT2D eigenvalue weighted by Crippen LogP contribution is 2.76. The van der Waals surface area contributed by atoms with Crippen LogP contribution >= 0.6 is 0 Å². The molecule has 15 atom stereocenters. The molecule has 0 amide bonds. The number of benzene rings is 1. The third-order valence-electron chi connectivity index (χ3n) is 17.0. The Hall–Kier alpha value is -1.85. The number of ether oxygens (including phenoxy) is 5. The number of fused-ring (bicyclic) bond motifs is 7. The molecular formula is C45H68O9. The molecule has 4 saturated carbocycles. The van der Waals surface area contributed by atoms with Crippen molar-refractivity contribution in [3.63, 3.8) is 0 Å². The number of carbonyl (C=O) groups is 1. The molecule has 1 aliphatic heterocycles. The summed E-state index contributed by atoms with van der Waals surface area (Å²) >= 11 is 0. The van der Waals surface area contributed by atoms with Crippen LogP contribution in [0.3, 0.4) is 0 Å². The number of aliphatic hydroxyl groups excluding tert-OH is 3. The molecule has 0 radical (unpaired) electrons. The summed E-state index contributed by atoms with van der Waals surface area (Å²) in [4.78, 5) is 12.5. The van der Waals surface area contributed by atoms with Gasteiger partial charge in [0.1, 0.15) is 18.3 Å². The first-order valence-electron chi connectivity index (χ1n) is 20.7. The van der Waals surface area contributed by atoms with E-state index in [1.165, 1.54) is 26.4 Å². The van der Waals surface area contributed by atoms with Gasteiger partial charge in [0, 0.05) is 17.9 Å². The van der Waals surface area contributed by atoms with Crippen LogP contribution in [0.25, 0.3) is 0 Å². The predicted molar refractivity (Wildman–Crippen MR) is 205 cm³/mol. The van der Waals surface area contributed by atoms with E-state index < -0.39 is 42.1 Å². The summed E-state index contributed by atoms with van der Waals surface area (Å²) in [7, 11) is 3.12. The summed E-state index contributed by atoms with van der Waals surface area (Å²) in [5.41, 5.74) is 2.89. The Morgan fingerprint density at radius 3 is 2.20 bits per heavy atom. The van der Waals surface area contributed by atoms with Crippen molar-refractivity contribution in [1.29, 1.82) is 0 Å². The summed E-state index contributed by atoms with van der Waals surface area (Å²) in [5.74, 6) is 0.385. The van der Waals surface area contributed by atoms with Crippen molar-refractivity contribution < 1.29 is 43.8 Å². The lowest BCUT2D eigenvalue weighted by Crippen LogP contribution is -2.66. The molecule has 1 saturated heterocycles. The normalized spacial score (nSPS) is 48.3. The van der Waals surface area contributed by atoms with Crippen molar-refractivity contribution in [3.05, 3.63) is 47.5 Å². The maximum absolute atomic E-state index is 12.5. The van der Waals surface area contributed by atoms with Crippen LogP contribution in [0, 0.1) is 50.2 Å². The number of rotatable bonds is 8. The maximum Gasteiger partial charge on any atom is 0.337 e. The Bertz CT molecular complexity index is 1560. The Morgan fingerprint density at radius 1 is 0.796 bits per heavy atom. The lowest BCUT2D eigenvalue weighted by Gasteiger charge is -2.72. The minimum atomic E-state index is -1.64. The Labute approximate surface area is 323 Å². The molecule has 7 rings (SSSR count). The van der Waals surface area contributed by atoms with E-state index in [9.17, 15) is 20.1 Å². The molecule has 1 aromatic rings. The van der Waals surface area contributed by atoms with E-state index >= 15 is 0 Å². The summed E-state index contributed by atoms with van der Waals surface area (Å²) in [6.07, 6.45) is 4.97. The van der Waals surface area contributed by atoms with E-state index in [-0.39, 0.29) is 51.8 Å². The Morgan fingerprint density at radius 2 is 1.52 bits per heavy atom. The average Bonchev–Trinajstić information content (AvgIpc) is 3.14. The zero-order valence-corrected chi connectivity index (χ0v) is 34.3. The number of hydrogen-bond donors (Lipinski definition) is 3. The highest BCUT2D eigenvalue weighted by Gasteiger charge is 2.69. The van der Waals surface area contributed by atoms with E-state index in [2.05, 4.69) is 66.7 Å². The first-order chi connectivity index (χ1) is 25.4. The molecule has 54 heavy (non-hydrogen) atoms. The van der Waals surface area contributed by atoms with Gasteiger partial charge in [-0.15, -0.1) is 0 Å². The van der Waals surface area contributed by atoms with Crippen molar-refractivity contribution in [2.24, 2.45) is 50.2 Å². The third kappa shape index (κ3) is 6.17. The minimum Gasteiger partial charge on any atom is -0.467 e. The molecule has 5 fully saturated rings. The van der Waals surface area contributed by atoms with E-state index in [1.807, 2.05) is 25.3 Å². The number of carbonyl (C=O) groups excluding carboxylic acids is 1. The fourth-order valence-electron chi connectivity index (χ4n) is 13.6. The summed E-state index contributed by atoms with van der Waals surface area (Å²) in [5, 5.41) is 32.3. The monoisotopic (exact) mass is 752 g/mol. The van der Waals surface area contributed by atoms with Gasteiger partial charge in [0.15, 0.2) is 12.4 Å². The van der Waals surface area contributed by atoms with Gasteiger partial charge in [0.25, 0.3) is 0 Å². The van der Waals surface area contributed by atoms with Crippen LogP contribution in [0.1, 0.15) is 112 Å². The van der Waals surface area contributed by atoms with E-state index in [0.29, 0.717) is 18.4 Å². The highest BCUT2D eigenvalue weighted by molar-refractivity contribution is 5.75. The van der Waals surface area contributed by atoms with Crippen molar-refractivity contribution in [1.82, 2.24) is 0 Å². The summed E-state index contributed by atoms with van der Waals surface area (Å²) in [6.45, 7) is 18.1. The molecule has 1 heterocycles. The van der Waals surface area contributed by atoms with Crippen molar-refractivity contribution >= 4 is 5.97 Å². The zero-order chi connectivity index (χ0) is 39.1. The Kier molecular flexibility index (Phi) is 10.6. The molecule has 0 aromatic heterocycles. The van der Waals surface area contributed by atoms with Gasteiger partial charge in [-0.25, -0.2) is 4.79 Å². The van der Waals surface area contributed by atoms with Gasteiger partial charge in [-0.1, -0.05) is 90.4 Å². The predicted octanol–water partition coefficient (Wildman–Crippen LogP) is 7.00. The van der Waals surface area contributed by atoms with Crippen LogP contribution in [-0.4, -0.2) is 85.0 Å². The molecule has 6 aliphatic rings. The summed E-state index contributed by atoms with van der Waals surface area (Å²) in [6, 6.07) is 10.2. The maximum atomic E-state index is 12.5. The second-order valence-electron chi connectivity index (χ2n) is 20.2. The van der Waals surface area contributed by atoms with Gasteiger partial charge >= 0.3 is 5.97 Å². The number of methoxy groups -OCH3 is 2. The van der Waals surface area contributed by atoms with Gasteiger partial charge in [0.2, 0.25) is 0 Å². The standard InChI is InChI=1S/C45H68O9/c1-40(2)23-29-28-15-16-31-42(4)19-18-32(52-25-27-13-11-10-12-14-27)43(5,26-53-39-36(48)34(46)35(47)37(54-39)38(49)51-9)30(42)17-20-45(31,7)44(28,6)22-21-41(29,3)33(24-40)50-8/h10-15,29-37,39,46-48H,16-26H2,1-9H3/t29-,30?,31?,32+,33-,34+,35+,36-,37+,39-,41-,42+,43?,44-,45-/m1/s1. The average molecular weight is 753 g/mol. The number of esters is 1. The van der Waals surface area contributed by atoms with Crippen LogP contribution in [0.15, 0.2) is 42.0 Å². The Balaban J connectivity index is 1.21. The van der Waals surface area contributed by atoms with Gasteiger partial charge < -0.3 is 39.0 Å². The zero-order valence-electron chi connectivity index (χ0n) is 34.3. The first kappa shape index (κ1) is 40.4. The molecular weight excluding hydrogens is 684 g/mol. The van der Waals surface area contributed by atoms with Crippen LogP contribution in [0.5, 0.6) is 0 Å². The van der Waals surface area contributed by atoms with Crippen molar-refractivity contribution in [3.8, 4) is 0 Å². The molecule has 0 bridgehead atoms. The lowest BCUT2D eigenvalue weighted by atomic mass is 9.33. The van der Waals surface area contributed by atoms with Gasteiger partial charge in [-0.2, -0.15) is 0 Å². The molecule has 0 spiro atoms. The number of aliphatic hydroxyl groups is 3. The molecule has 3 N–H and O–H groups in total. The van der Waals surface area contributed by atoms with Crippen LogP contribution in [0.2, 0.25) is 0 Å². The van der Waals surface area contributed by atoms with Crippen LogP contribution in [-0.2, 0) is 35.1 Å². The minimum absolute atomic E-state index is 0.0132. The number of hydrogen-bond acceptors (Lipinski definition) is 9. The SMILES string of the molecule is COC(=O)[C@H]1O[C@@H](OCC2(C)C3CC[C@]4(C)C(CC=C5[C@H]6CC(C)(C)C[C@@H](OC)[C@]6(C)CC[C@]54C)[C@@]3(C)CC[C@@H]2OCc2ccccc2)[C@H](O)[C@@H](O)[C@@H]1O. The molecule has 5 aliphatic carbocycles. The quantitative estimate of drug-likeness (QED) is 0.190. The van der Waals surface area contributed by atoms with Crippen molar-refractivity contribution in [2.45, 2.75) is 156 Å². The molecule has 1 aromatic carbocycles. The van der Waals surface area contributed by atoms with E-state index in [1.54, 1.807) is 5.57 Å². The van der Waals surface area contributed by atoms with Gasteiger partial charge in [-0.3, -0.25) is 0 Å². The summed E-state index contributed by atoms with van der Waals surface area (Å²) < 4.78 is 30.3. The second-order valence-corrected chi connectivity index (χ2v) is 20.2. The van der Waals surface area contributed by atoms with Gasteiger partial charge in [-0.05, 0) is 103 Å². The highest BCUT2D eigenvalue weighted by atomic mass is 16.7. The molecule has 3 unspecified atom stereocenters. The largest absolute Gasteiger partial charge is 0.467 e. The van der Waals surface area contributed by atoms with Gasteiger partial charge in [0.05, 0.1) is 32.5 Å². The lowest BCUT2D eigenvalue weighted by molar-refractivity contribution is -0.311. The van der Waals surface area contributed by atoms with Crippen LogP contribution < -0.4 is 0 Å². The van der Waals surface area contributed by atoms with E-state index in [4.69, 9.17) is 23.7 Å². The first-order valence-corrected chi connectivity index (χ1v) is 20.7. The third-order valence-corrected chi connectivity index (χ3v) is 17.0. The molecule has 9 nitrogen and oxygen atoms in total. The van der Waals surface area contributed by atoms with E-state index in [0.717, 1.165) is 44.1 Å². The van der Waals surface area contributed by atoms with Crippen molar-refractivity contribution in [2.75, 3.05) is 20.8 Å². The fourth-order valence-corrected chi connectivity index (χ4v) is 13.6. The topological polar surface area (TPSA) is 124 Å². The molecule has 302 valence electrons. The fraction of sp³-hybridized carbons (Fsp3) is 0.800.